The number of aromatic nitrogens is 1. The molecule has 1 heterocycles. The number of thioether (sulfide) groups is 1. The minimum atomic E-state index is 0.190. The lowest BCUT2D eigenvalue weighted by Crippen LogP contribution is -1.99. The molecule has 0 aliphatic carbocycles. The maximum atomic E-state index is 5.39. The van der Waals surface area contributed by atoms with Crippen LogP contribution in [0.15, 0.2) is 64.0 Å². The second-order valence-corrected chi connectivity index (χ2v) is 6.64. The Balaban J connectivity index is 2.02. The molecule has 0 spiro atoms. The van der Waals surface area contributed by atoms with E-state index in [0.717, 1.165) is 11.5 Å². The normalized spacial score (nSPS) is 12.3. The highest BCUT2D eigenvalue weighted by molar-refractivity contribution is 7.99. The van der Waals surface area contributed by atoms with Crippen molar-refractivity contribution in [3.8, 4) is 0 Å². The van der Waals surface area contributed by atoms with Gasteiger partial charge in [0.05, 0.1) is 10.9 Å². The summed E-state index contributed by atoms with van der Waals surface area (Å²) in [5, 5.41) is 4.32. The summed E-state index contributed by atoms with van der Waals surface area (Å²) in [5.41, 5.74) is 4.68. The van der Waals surface area contributed by atoms with E-state index in [9.17, 15) is 0 Å². The Kier molecular flexibility index (Phi) is 4.34. The number of hydrogen-bond acceptors (Lipinski definition) is 3. The fourth-order valence-electron chi connectivity index (χ4n) is 2.54. The van der Waals surface area contributed by atoms with Gasteiger partial charge in [0, 0.05) is 10.5 Å². The first-order chi connectivity index (χ1) is 10.6. The Hall–Kier alpha value is -2.00. The zero-order chi connectivity index (χ0) is 15.5. The van der Waals surface area contributed by atoms with E-state index in [1.165, 1.54) is 21.6 Å². The standard InChI is InChI=1S/C19H19NOS/c1-13-9-11-17(12-10-13)22-19(16-7-5-4-6-8-16)18-14(2)20-21-15(18)3/h4-12,19H,1-3H3. The lowest BCUT2D eigenvalue weighted by Gasteiger charge is -2.17. The van der Waals surface area contributed by atoms with Gasteiger partial charge in [0.15, 0.2) is 0 Å². The van der Waals surface area contributed by atoms with Gasteiger partial charge in [0.1, 0.15) is 5.76 Å². The van der Waals surface area contributed by atoms with E-state index >= 15 is 0 Å². The number of rotatable bonds is 4. The molecule has 3 heteroatoms. The molecule has 0 amide bonds. The summed E-state index contributed by atoms with van der Waals surface area (Å²) in [6.07, 6.45) is 0. The van der Waals surface area contributed by atoms with Gasteiger partial charge in [-0.15, -0.1) is 11.8 Å². The van der Waals surface area contributed by atoms with Crippen LogP contribution in [0.4, 0.5) is 0 Å². The maximum absolute atomic E-state index is 5.39. The van der Waals surface area contributed by atoms with Gasteiger partial charge in [-0.2, -0.15) is 0 Å². The summed E-state index contributed by atoms with van der Waals surface area (Å²) in [4.78, 5) is 1.25. The molecule has 0 saturated heterocycles. The average molecular weight is 309 g/mol. The average Bonchev–Trinajstić information content (AvgIpc) is 2.87. The predicted molar refractivity (Wildman–Crippen MR) is 91.3 cm³/mol. The van der Waals surface area contributed by atoms with Crippen molar-refractivity contribution in [2.45, 2.75) is 30.9 Å². The molecular weight excluding hydrogens is 290 g/mol. The molecule has 1 unspecified atom stereocenters. The van der Waals surface area contributed by atoms with Crippen molar-refractivity contribution in [1.82, 2.24) is 5.16 Å². The van der Waals surface area contributed by atoms with Gasteiger partial charge in [0.2, 0.25) is 0 Å². The first kappa shape index (κ1) is 14.9. The molecule has 2 aromatic carbocycles. The van der Waals surface area contributed by atoms with Gasteiger partial charge in [-0.25, -0.2) is 0 Å². The van der Waals surface area contributed by atoms with Gasteiger partial charge >= 0.3 is 0 Å². The lowest BCUT2D eigenvalue weighted by molar-refractivity contribution is 0.392. The van der Waals surface area contributed by atoms with Gasteiger partial charge in [-0.3, -0.25) is 0 Å². The van der Waals surface area contributed by atoms with Crippen LogP contribution in [-0.2, 0) is 0 Å². The quantitative estimate of drug-likeness (QED) is 0.597. The van der Waals surface area contributed by atoms with E-state index < -0.39 is 0 Å². The van der Waals surface area contributed by atoms with Crippen molar-refractivity contribution in [2.24, 2.45) is 0 Å². The third-order valence-electron chi connectivity index (χ3n) is 3.73. The van der Waals surface area contributed by atoms with Crippen molar-refractivity contribution in [3.63, 3.8) is 0 Å². The lowest BCUT2D eigenvalue weighted by atomic mass is 10.0. The molecule has 2 nitrogen and oxygen atoms in total. The molecule has 0 bridgehead atoms. The number of nitrogens with zero attached hydrogens (tertiary/aromatic N) is 1. The Morgan fingerprint density at radius 1 is 0.909 bits per heavy atom. The minimum Gasteiger partial charge on any atom is -0.361 e. The third-order valence-corrected chi connectivity index (χ3v) is 5.02. The van der Waals surface area contributed by atoms with E-state index in [2.05, 4.69) is 60.6 Å². The molecule has 1 atom stereocenters. The summed E-state index contributed by atoms with van der Waals surface area (Å²) < 4.78 is 5.39. The SMILES string of the molecule is Cc1ccc(SC(c2ccccc2)c2c(C)noc2C)cc1. The van der Waals surface area contributed by atoms with Crippen LogP contribution < -0.4 is 0 Å². The fourth-order valence-corrected chi connectivity index (χ4v) is 3.85. The van der Waals surface area contributed by atoms with Crippen LogP contribution >= 0.6 is 11.8 Å². The van der Waals surface area contributed by atoms with E-state index in [0.29, 0.717) is 0 Å². The monoisotopic (exact) mass is 309 g/mol. The number of benzene rings is 2. The van der Waals surface area contributed by atoms with Crippen LogP contribution in [0.25, 0.3) is 0 Å². The first-order valence-electron chi connectivity index (χ1n) is 7.36. The molecule has 0 fully saturated rings. The largest absolute Gasteiger partial charge is 0.361 e. The van der Waals surface area contributed by atoms with Crippen LogP contribution in [0, 0.1) is 20.8 Å². The predicted octanol–water partition coefficient (Wildman–Crippen LogP) is 5.48. The van der Waals surface area contributed by atoms with Crippen molar-refractivity contribution < 1.29 is 4.52 Å². The first-order valence-corrected chi connectivity index (χ1v) is 8.24. The molecule has 3 rings (SSSR count). The molecule has 22 heavy (non-hydrogen) atoms. The van der Waals surface area contributed by atoms with E-state index in [-0.39, 0.29) is 5.25 Å². The van der Waals surface area contributed by atoms with E-state index in [4.69, 9.17) is 4.52 Å². The highest BCUT2D eigenvalue weighted by Gasteiger charge is 2.23. The topological polar surface area (TPSA) is 26.0 Å². The zero-order valence-electron chi connectivity index (χ0n) is 13.0. The van der Waals surface area contributed by atoms with Crippen LogP contribution in [0.5, 0.6) is 0 Å². The molecular formula is C19H19NOS. The van der Waals surface area contributed by atoms with Crippen molar-refractivity contribution in [2.75, 3.05) is 0 Å². The van der Waals surface area contributed by atoms with Crippen LogP contribution in [0.1, 0.15) is 33.4 Å². The van der Waals surface area contributed by atoms with Crippen LogP contribution in [0.3, 0.4) is 0 Å². The Bertz CT molecular complexity index is 727. The Morgan fingerprint density at radius 2 is 1.59 bits per heavy atom. The third kappa shape index (κ3) is 3.09. The summed E-state index contributed by atoms with van der Waals surface area (Å²) in [6.45, 7) is 6.11. The van der Waals surface area contributed by atoms with Gasteiger partial charge < -0.3 is 4.52 Å². The molecule has 112 valence electrons. The van der Waals surface area contributed by atoms with Crippen molar-refractivity contribution >= 4 is 11.8 Å². The molecule has 0 aliphatic heterocycles. The van der Waals surface area contributed by atoms with Gasteiger partial charge in [-0.05, 0) is 38.5 Å². The second kappa shape index (κ2) is 6.41. The molecule has 1 aromatic heterocycles. The molecule has 0 aliphatic rings. The van der Waals surface area contributed by atoms with Gasteiger partial charge in [-0.1, -0.05) is 53.2 Å². The fraction of sp³-hybridized carbons (Fsp3) is 0.211. The Labute approximate surface area is 135 Å². The summed E-state index contributed by atoms with van der Waals surface area (Å²) in [7, 11) is 0. The summed E-state index contributed by atoms with van der Waals surface area (Å²) in [5.74, 6) is 0.894. The maximum Gasteiger partial charge on any atom is 0.138 e. The number of aryl methyl sites for hydroxylation is 3. The van der Waals surface area contributed by atoms with Crippen LogP contribution in [0.2, 0.25) is 0 Å². The van der Waals surface area contributed by atoms with E-state index in [1.807, 2.05) is 31.7 Å². The smallest absolute Gasteiger partial charge is 0.138 e. The molecule has 3 aromatic rings. The van der Waals surface area contributed by atoms with E-state index in [1.54, 1.807) is 0 Å². The number of hydrogen-bond donors (Lipinski definition) is 0. The van der Waals surface area contributed by atoms with Crippen molar-refractivity contribution in [1.29, 1.82) is 0 Å². The molecule has 0 radical (unpaired) electrons. The molecule has 0 N–H and O–H groups in total. The van der Waals surface area contributed by atoms with Gasteiger partial charge in [0.25, 0.3) is 0 Å². The highest BCUT2D eigenvalue weighted by atomic mass is 32.2. The second-order valence-electron chi connectivity index (χ2n) is 5.46. The molecule has 0 saturated carbocycles. The summed E-state index contributed by atoms with van der Waals surface area (Å²) in [6, 6.07) is 19.2. The minimum absolute atomic E-state index is 0.190. The highest BCUT2D eigenvalue weighted by Crippen LogP contribution is 2.42. The van der Waals surface area contributed by atoms with Crippen LogP contribution in [-0.4, -0.2) is 5.16 Å². The zero-order valence-corrected chi connectivity index (χ0v) is 13.9. The summed E-state index contributed by atoms with van der Waals surface area (Å²) >= 11 is 1.84. The Morgan fingerprint density at radius 3 is 2.18 bits per heavy atom. The van der Waals surface area contributed by atoms with Crippen molar-refractivity contribution in [3.05, 3.63) is 82.7 Å².